The van der Waals surface area contributed by atoms with Crippen LogP contribution in [0.4, 0.5) is 5.69 Å². The molecule has 1 aromatic heterocycles. The molecule has 8 nitrogen and oxygen atoms in total. The number of hydrogen-bond acceptors (Lipinski definition) is 6. The number of nitrogens with one attached hydrogen (secondary N) is 2. The number of ether oxygens (including phenoxy) is 1. The molecule has 0 radical (unpaired) electrons. The van der Waals surface area contributed by atoms with E-state index in [1.807, 2.05) is 6.92 Å². The first-order valence-electron chi connectivity index (χ1n) is 10.1. The molecule has 0 saturated carbocycles. The molecular formula is C24H20ClN3O5S. The average molecular weight is 498 g/mol. The predicted octanol–water partition coefficient (Wildman–Crippen LogP) is 4.45. The molecule has 1 amide bonds. The summed E-state index contributed by atoms with van der Waals surface area (Å²) in [6, 6.07) is 19.5. The number of benzene rings is 3. The monoisotopic (exact) mass is 497 g/mol. The number of anilines is 1. The minimum absolute atomic E-state index is 0.0160. The number of halogens is 1. The maximum Gasteiger partial charge on any atom is 0.276 e. The highest BCUT2D eigenvalue weighted by Gasteiger charge is 2.17. The highest BCUT2D eigenvalue weighted by Crippen LogP contribution is 2.25. The summed E-state index contributed by atoms with van der Waals surface area (Å²) in [5.41, 5.74) is 1.49. The van der Waals surface area contributed by atoms with Gasteiger partial charge in [-0.05, 0) is 55.5 Å². The number of carbonyl (C=O) groups is 1. The van der Waals surface area contributed by atoms with Crippen LogP contribution in [0.3, 0.4) is 0 Å². The van der Waals surface area contributed by atoms with Gasteiger partial charge in [-0.1, -0.05) is 41.4 Å². The highest BCUT2D eigenvalue weighted by atomic mass is 35.5. The lowest BCUT2D eigenvalue weighted by Crippen LogP contribution is -2.27. The lowest BCUT2D eigenvalue weighted by atomic mass is 10.1. The molecule has 0 aliphatic rings. The Hall–Kier alpha value is -3.82. The van der Waals surface area contributed by atoms with E-state index in [4.69, 9.17) is 20.8 Å². The van der Waals surface area contributed by atoms with Gasteiger partial charge in [0.2, 0.25) is 5.55 Å². The van der Waals surface area contributed by atoms with Crippen molar-refractivity contribution >= 4 is 44.2 Å². The maximum atomic E-state index is 13.1. The fourth-order valence-electron chi connectivity index (χ4n) is 3.13. The first-order chi connectivity index (χ1) is 16.3. The zero-order valence-corrected chi connectivity index (χ0v) is 19.8. The van der Waals surface area contributed by atoms with E-state index in [2.05, 4.69) is 15.2 Å². The number of carbonyl (C=O) groups excluding carboxylic acids is 1. The third kappa shape index (κ3) is 5.05. The highest BCUT2D eigenvalue weighted by molar-refractivity contribution is 7.89. The van der Waals surface area contributed by atoms with Gasteiger partial charge in [-0.15, -0.1) is 5.10 Å². The SMILES string of the molecule is COc1cccc2cc(C(=O)Nc3ccc(Cl)cc3)/c(=N/NS(=O)(=O)c3ccc(C)cc3)oc12. The summed E-state index contributed by atoms with van der Waals surface area (Å²) in [5, 5.41) is 7.76. The first kappa shape index (κ1) is 23.3. The lowest BCUT2D eigenvalue weighted by Gasteiger charge is -2.09. The van der Waals surface area contributed by atoms with E-state index in [1.54, 1.807) is 60.7 Å². The number of nitrogens with zero attached hydrogens (tertiary/aromatic N) is 1. The second kappa shape index (κ2) is 9.58. The van der Waals surface area contributed by atoms with Gasteiger partial charge >= 0.3 is 0 Å². The standard InChI is InChI=1S/C24H20ClN3O5S/c1-15-6-12-19(13-7-15)34(30,31)28-27-24-20(23(29)26-18-10-8-17(25)9-11-18)14-16-4-3-5-21(32-2)22(16)33-24/h3-14,28H,1-2H3,(H,26,29)/b27-24-. The topological polar surface area (TPSA) is 110 Å². The second-order valence-electron chi connectivity index (χ2n) is 7.32. The second-order valence-corrected chi connectivity index (χ2v) is 9.42. The molecule has 10 heteroatoms. The van der Waals surface area contributed by atoms with Gasteiger partial charge in [0.05, 0.1) is 12.0 Å². The number of amides is 1. The van der Waals surface area contributed by atoms with E-state index in [1.165, 1.54) is 19.2 Å². The smallest absolute Gasteiger partial charge is 0.276 e. The van der Waals surface area contributed by atoms with Crippen molar-refractivity contribution in [2.45, 2.75) is 11.8 Å². The summed E-state index contributed by atoms with van der Waals surface area (Å²) in [5.74, 6) is -0.149. The number of fused-ring (bicyclic) bond motifs is 1. The number of hydrogen-bond donors (Lipinski definition) is 2. The lowest BCUT2D eigenvalue weighted by molar-refractivity contribution is 0.102. The molecule has 4 aromatic rings. The van der Waals surface area contributed by atoms with Gasteiger partial charge in [-0.3, -0.25) is 4.79 Å². The zero-order valence-electron chi connectivity index (χ0n) is 18.2. The Bertz CT molecular complexity index is 1530. The molecule has 0 atom stereocenters. The number of aryl methyl sites for hydroxylation is 1. The fourth-order valence-corrected chi connectivity index (χ4v) is 4.06. The third-order valence-electron chi connectivity index (χ3n) is 4.90. The molecule has 0 fully saturated rings. The van der Waals surface area contributed by atoms with Gasteiger partial charge in [-0.25, -0.2) is 0 Å². The average Bonchev–Trinajstić information content (AvgIpc) is 2.83. The van der Waals surface area contributed by atoms with Crippen molar-refractivity contribution in [3.05, 3.63) is 94.5 Å². The molecule has 1 heterocycles. The van der Waals surface area contributed by atoms with Crippen LogP contribution >= 0.6 is 11.6 Å². The Morgan fingerprint density at radius 1 is 1.03 bits per heavy atom. The quantitative estimate of drug-likeness (QED) is 0.382. The summed E-state index contributed by atoms with van der Waals surface area (Å²) < 4.78 is 36.6. The molecule has 0 aliphatic heterocycles. The number of sulfonamides is 1. The molecule has 0 unspecified atom stereocenters. The van der Waals surface area contributed by atoms with Crippen LogP contribution in [0.25, 0.3) is 11.0 Å². The summed E-state index contributed by atoms with van der Waals surface area (Å²) in [7, 11) is -2.53. The van der Waals surface area contributed by atoms with Crippen LogP contribution in [0.15, 0.2) is 87.2 Å². The molecule has 3 aromatic carbocycles. The Labute approximate surface area is 200 Å². The van der Waals surface area contributed by atoms with Crippen LogP contribution in [0, 0.1) is 6.92 Å². The van der Waals surface area contributed by atoms with Gasteiger partial charge < -0.3 is 14.5 Å². The van der Waals surface area contributed by atoms with E-state index < -0.39 is 15.9 Å². The van der Waals surface area contributed by atoms with Crippen LogP contribution in [-0.2, 0) is 10.0 Å². The van der Waals surface area contributed by atoms with Crippen LogP contribution in [0.5, 0.6) is 5.75 Å². The summed E-state index contributed by atoms with van der Waals surface area (Å²) in [6.45, 7) is 1.85. The molecule has 0 spiro atoms. The Morgan fingerprint density at radius 3 is 2.41 bits per heavy atom. The van der Waals surface area contributed by atoms with E-state index in [0.29, 0.717) is 27.4 Å². The normalized spacial score (nSPS) is 11.9. The largest absolute Gasteiger partial charge is 0.493 e. The molecule has 34 heavy (non-hydrogen) atoms. The molecular weight excluding hydrogens is 478 g/mol. The Kier molecular flexibility index (Phi) is 6.58. The van der Waals surface area contributed by atoms with E-state index in [0.717, 1.165) is 5.56 Å². The third-order valence-corrected chi connectivity index (χ3v) is 6.38. The Morgan fingerprint density at radius 2 is 1.74 bits per heavy atom. The molecule has 0 saturated heterocycles. The first-order valence-corrected chi connectivity index (χ1v) is 11.9. The number of para-hydroxylation sites is 1. The van der Waals surface area contributed by atoms with Crippen molar-refractivity contribution in [2.24, 2.45) is 5.10 Å². The fraction of sp³-hybridized carbons (Fsp3) is 0.0833. The van der Waals surface area contributed by atoms with E-state index in [9.17, 15) is 13.2 Å². The molecule has 174 valence electrons. The molecule has 4 rings (SSSR count). The van der Waals surface area contributed by atoms with Gasteiger partial charge in [-0.2, -0.15) is 13.2 Å². The van der Waals surface area contributed by atoms with E-state index >= 15 is 0 Å². The van der Waals surface area contributed by atoms with Gasteiger partial charge in [0.15, 0.2) is 11.3 Å². The maximum absolute atomic E-state index is 13.1. The number of methoxy groups -OCH3 is 1. The van der Waals surface area contributed by atoms with Crippen LogP contribution in [-0.4, -0.2) is 21.4 Å². The zero-order chi connectivity index (χ0) is 24.3. The molecule has 0 bridgehead atoms. The molecule has 2 N–H and O–H groups in total. The molecule has 0 aliphatic carbocycles. The minimum atomic E-state index is -4.00. The van der Waals surface area contributed by atoms with Crippen molar-refractivity contribution in [1.29, 1.82) is 0 Å². The number of rotatable bonds is 6. The van der Waals surface area contributed by atoms with Crippen LogP contribution < -0.4 is 20.4 Å². The summed E-state index contributed by atoms with van der Waals surface area (Å²) in [6.07, 6.45) is 0. The van der Waals surface area contributed by atoms with E-state index in [-0.39, 0.29) is 16.0 Å². The van der Waals surface area contributed by atoms with Crippen molar-refractivity contribution in [3.8, 4) is 5.75 Å². The van der Waals surface area contributed by atoms with Crippen LogP contribution in [0.2, 0.25) is 5.02 Å². The van der Waals surface area contributed by atoms with Crippen molar-refractivity contribution in [2.75, 3.05) is 12.4 Å². The summed E-state index contributed by atoms with van der Waals surface area (Å²) in [4.78, 5) is 15.2. The van der Waals surface area contributed by atoms with Crippen LogP contribution in [0.1, 0.15) is 15.9 Å². The summed E-state index contributed by atoms with van der Waals surface area (Å²) >= 11 is 5.91. The predicted molar refractivity (Wildman–Crippen MR) is 129 cm³/mol. The Balaban J connectivity index is 1.79. The van der Waals surface area contributed by atoms with Crippen molar-refractivity contribution in [3.63, 3.8) is 0 Å². The van der Waals surface area contributed by atoms with Crippen molar-refractivity contribution in [1.82, 2.24) is 4.83 Å². The van der Waals surface area contributed by atoms with Gasteiger partial charge in [0.25, 0.3) is 15.9 Å². The van der Waals surface area contributed by atoms with Gasteiger partial charge in [0, 0.05) is 16.1 Å². The van der Waals surface area contributed by atoms with Crippen molar-refractivity contribution < 1.29 is 22.4 Å². The van der Waals surface area contributed by atoms with Gasteiger partial charge in [0.1, 0.15) is 5.56 Å². The minimum Gasteiger partial charge on any atom is -0.493 e.